The summed E-state index contributed by atoms with van der Waals surface area (Å²) in [5.41, 5.74) is 1.05. The van der Waals surface area contributed by atoms with Crippen molar-refractivity contribution in [3.05, 3.63) is 35.9 Å². The number of rotatable bonds is 6. The molecule has 0 N–H and O–H groups in total. The molecule has 2 aliphatic rings. The van der Waals surface area contributed by atoms with Crippen LogP contribution >= 0.6 is 0 Å². The van der Waals surface area contributed by atoms with Crippen molar-refractivity contribution in [2.45, 2.75) is 25.4 Å². The van der Waals surface area contributed by atoms with E-state index in [0.29, 0.717) is 11.5 Å². The van der Waals surface area contributed by atoms with E-state index < -0.39 is 9.84 Å². The number of sulfone groups is 1. The van der Waals surface area contributed by atoms with Crippen LogP contribution in [0.2, 0.25) is 0 Å². The Labute approximate surface area is 151 Å². The molecule has 0 aliphatic carbocycles. The Bertz CT molecular complexity index is 717. The van der Waals surface area contributed by atoms with Crippen LogP contribution in [0.3, 0.4) is 0 Å². The summed E-state index contributed by atoms with van der Waals surface area (Å²) in [6.07, 6.45) is 5.25. The third-order valence-corrected chi connectivity index (χ3v) is 6.89. The number of para-hydroxylation sites is 1. The van der Waals surface area contributed by atoms with E-state index in [-0.39, 0.29) is 12.1 Å². The Balaban J connectivity index is 1.69. The van der Waals surface area contributed by atoms with Gasteiger partial charge >= 0.3 is 0 Å². The average Bonchev–Trinajstić information content (AvgIpc) is 2.93. The molecule has 2 aliphatic heterocycles. The standard InChI is InChI=1S/C19H28N2O3S/c1-3-10-20-12-13-21(18-15-25(22,23)14-17(18)20)11-6-8-16-7-4-5-9-19(16)24-2/h4-9,17-18H,3,10-15H2,1-2H3/t17-,18+/m1/s1. The second kappa shape index (κ2) is 7.89. The second-order valence-corrected chi connectivity index (χ2v) is 9.04. The SMILES string of the molecule is CCCN1CCN(CC=Cc2ccccc2OC)[C@H]2CS(=O)(=O)C[C@H]21. The fourth-order valence-corrected chi connectivity index (χ4v) is 6.05. The van der Waals surface area contributed by atoms with Gasteiger partial charge in [-0.05, 0) is 19.0 Å². The molecule has 25 heavy (non-hydrogen) atoms. The Morgan fingerprint density at radius 1 is 1.16 bits per heavy atom. The third-order valence-electron chi connectivity index (χ3n) is 5.19. The number of fused-ring (bicyclic) bond motifs is 1. The fraction of sp³-hybridized carbons (Fsp3) is 0.579. The summed E-state index contributed by atoms with van der Waals surface area (Å²) in [6.45, 7) is 5.79. The maximum absolute atomic E-state index is 12.2. The molecule has 0 unspecified atom stereocenters. The first-order chi connectivity index (χ1) is 12.0. The van der Waals surface area contributed by atoms with E-state index in [1.54, 1.807) is 7.11 Å². The molecule has 2 fully saturated rings. The summed E-state index contributed by atoms with van der Waals surface area (Å²) in [6, 6.07) is 8.19. The van der Waals surface area contributed by atoms with Crippen LogP contribution in [0.15, 0.2) is 30.3 Å². The van der Waals surface area contributed by atoms with Gasteiger partial charge in [0.1, 0.15) is 5.75 Å². The monoisotopic (exact) mass is 364 g/mol. The second-order valence-electron chi connectivity index (χ2n) is 6.89. The van der Waals surface area contributed by atoms with Crippen molar-refractivity contribution in [1.82, 2.24) is 9.80 Å². The van der Waals surface area contributed by atoms with E-state index in [1.807, 2.05) is 24.3 Å². The molecule has 6 heteroatoms. The van der Waals surface area contributed by atoms with Gasteiger partial charge in [0.15, 0.2) is 9.84 Å². The zero-order valence-electron chi connectivity index (χ0n) is 15.1. The number of ether oxygens (including phenoxy) is 1. The number of nitrogens with zero attached hydrogens (tertiary/aromatic N) is 2. The van der Waals surface area contributed by atoms with Gasteiger partial charge in [-0.2, -0.15) is 0 Å². The maximum Gasteiger partial charge on any atom is 0.153 e. The summed E-state index contributed by atoms with van der Waals surface area (Å²) >= 11 is 0. The zero-order chi connectivity index (χ0) is 17.9. The summed E-state index contributed by atoms with van der Waals surface area (Å²) in [5, 5.41) is 0. The minimum atomic E-state index is -2.93. The molecule has 2 atom stereocenters. The summed E-state index contributed by atoms with van der Waals surface area (Å²) in [7, 11) is -1.25. The van der Waals surface area contributed by atoms with Gasteiger partial charge in [-0.1, -0.05) is 37.3 Å². The van der Waals surface area contributed by atoms with Crippen LogP contribution in [0.1, 0.15) is 18.9 Å². The molecular weight excluding hydrogens is 336 g/mol. The Kier molecular flexibility index (Phi) is 5.81. The summed E-state index contributed by atoms with van der Waals surface area (Å²) in [4.78, 5) is 4.70. The number of piperazine rings is 1. The average molecular weight is 365 g/mol. The maximum atomic E-state index is 12.2. The normalized spacial score (nSPS) is 26.8. The lowest BCUT2D eigenvalue weighted by Gasteiger charge is -2.43. The predicted octanol–water partition coefficient (Wildman–Crippen LogP) is 1.90. The molecule has 0 saturated carbocycles. The molecule has 0 aromatic heterocycles. The van der Waals surface area contributed by atoms with Gasteiger partial charge in [-0.15, -0.1) is 0 Å². The van der Waals surface area contributed by atoms with Crippen molar-refractivity contribution in [2.75, 3.05) is 44.8 Å². The zero-order valence-corrected chi connectivity index (χ0v) is 15.9. The first kappa shape index (κ1) is 18.4. The lowest BCUT2D eigenvalue weighted by Crippen LogP contribution is -2.59. The van der Waals surface area contributed by atoms with Gasteiger partial charge in [0, 0.05) is 37.3 Å². The highest BCUT2D eigenvalue weighted by Crippen LogP contribution is 2.27. The molecule has 0 radical (unpaired) electrons. The van der Waals surface area contributed by atoms with Crippen molar-refractivity contribution in [3.8, 4) is 5.75 Å². The lowest BCUT2D eigenvalue weighted by atomic mass is 10.0. The third kappa shape index (κ3) is 4.25. The molecule has 2 heterocycles. The van der Waals surface area contributed by atoms with E-state index in [4.69, 9.17) is 4.74 Å². The van der Waals surface area contributed by atoms with E-state index >= 15 is 0 Å². The number of benzene rings is 1. The summed E-state index contributed by atoms with van der Waals surface area (Å²) < 4.78 is 29.7. The van der Waals surface area contributed by atoms with Crippen LogP contribution in [-0.4, -0.2) is 75.1 Å². The van der Waals surface area contributed by atoms with E-state index in [9.17, 15) is 8.42 Å². The highest BCUT2D eigenvalue weighted by molar-refractivity contribution is 7.91. The summed E-state index contributed by atoms with van der Waals surface area (Å²) in [5.74, 6) is 1.46. The van der Waals surface area contributed by atoms with Gasteiger partial charge < -0.3 is 4.74 Å². The van der Waals surface area contributed by atoms with Crippen LogP contribution in [0.25, 0.3) is 6.08 Å². The first-order valence-electron chi connectivity index (χ1n) is 9.02. The number of methoxy groups -OCH3 is 1. The van der Waals surface area contributed by atoms with Crippen molar-refractivity contribution in [3.63, 3.8) is 0 Å². The predicted molar refractivity (Wildman–Crippen MR) is 102 cm³/mol. The molecule has 1 aromatic carbocycles. The molecule has 0 amide bonds. The number of hydrogen-bond acceptors (Lipinski definition) is 5. The molecule has 0 bridgehead atoms. The van der Waals surface area contributed by atoms with E-state index in [2.05, 4.69) is 28.9 Å². The Morgan fingerprint density at radius 3 is 2.56 bits per heavy atom. The van der Waals surface area contributed by atoms with Crippen molar-refractivity contribution >= 4 is 15.9 Å². The van der Waals surface area contributed by atoms with Crippen LogP contribution in [0.5, 0.6) is 5.75 Å². The minimum Gasteiger partial charge on any atom is -0.496 e. The molecule has 3 rings (SSSR count). The number of hydrogen-bond donors (Lipinski definition) is 0. The molecule has 1 aromatic rings. The minimum absolute atomic E-state index is 0.118. The largest absolute Gasteiger partial charge is 0.496 e. The molecular formula is C19H28N2O3S. The molecule has 2 saturated heterocycles. The van der Waals surface area contributed by atoms with Crippen LogP contribution < -0.4 is 4.74 Å². The smallest absolute Gasteiger partial charge is 0.153 e. The van der Waals surface area contributed by atoms with E-state index in [1.165, 1.54) is 0 Å². The van der Waals surface area contributed by atoms with Gasteiger partial charge in [-0.3, -0.25) is 9.80 Å². The van der Waals surface area contributed by atoms with Gasteiger partial charge in [0.05, 0.1) is 18.6 Å². The van der Waals surface area contributed by atoms with Gasteiger partial charge in [0.2, 0.25) is 0 Å². The topological polar surface area (TPSA) is 49.9 Å². The van der Waals surface area contributed by atoms with Crippen LogP contribution in [0, 0.1) is 0 Å². The highest BCUT2D eigenvalue weighted by Gasteiger charge is 2.45. The van der Waals surface area contributed by atoms with Crippen molar-refractivity contribution in [1.29, 1.82) is 0 Å². The first-order valence-corrected chi connectivity index (χ1v) is 10.8. The van der Waals surface area contributed by atoms with Gasteiger partial charge in [-0.25, -0.2) is 8.42 Å². The Morgan fingerprint density at radius 2 is 1.84 bits per heavy atom. The van der Waals surface area contributed by atoms with Crippen molar-refractivity contribution < 1.29 is 13.2 Å². The van der Waals surface area contributed by atoms with Crippen LogP contribution in [-0.2, 0) is 9.84 Å². The van der Waals surface area contributed by atoms with E-state index in [0.717, 1.165) is 43.9 Å². The van der Waals surface area contributed by atoms with Crippen molar-refractivity contribution in [2.24, 2.45) is 0 Å². The quantitative estimate of drug-likeness (QED) is 0.772. The molecule has 5 nitrogen and oxygen atoms in total. The molecule has 138 valence electrons. The van der Waals surface area contributed by atoms with Gasteiger partial charge in [0.25, 0.3) is 0 Å². The fourth-order valence-electron chi connectivity index (χ4n) is 4.01. The highest BCUT2D eigenvalue weighted by atomic mass is 32.2. The van der Waals surface area contributed by atoms with Crippen LogP contribution in [0.4, 0.5) is 0 Å². The molecule has 0 spiro atoms. The Hall–Kier alpha value is -1.37. The lowest BCUT2D eigenvalue weighted by molar-refractivity contribution is 0.0534.